The second-order valence-corrected chi connectivity index (χ2v) is 9.94. The van der Waals surface area contributed by atoms with E-state index in [1.165, 1.54) is 24.1 Å². The van der Waals surface area contributed by atoms with Crippen molar-refractivity contribution in [3.8, 4) is 0 Å². The summed E-state index contributed by atoms with van der Waals surface area (Å²) in [5.41, 5.74) is 10.0. The third-order valence-electron chi connectivity index (χ3n) is 5.58. The van der Waals surface area contributed by atoms with Crippen molar-refractivity contribution in [1.82, 2.24) is 0 Å². The largest absolute Gasteiger partial charge is 0.378 e. The van der Waals surface area contributed by atoms with Gasteiger partial charge in [0.1, 0.15) is 5.25 Å². The molecule has 1 aliphatic heterocycles. The van der Waals surface area contributed by atoms with Crippen LogP contribution in [0.2, 0.25) is 0 Å². The minimum absolute atomic E-state index is 0.168. The Kier molecular flexibility index (Phi) is 5.02. The number of rotatable bonds is 4. The molecule has 150 valence electrons. The first kappa shape index (κ1) is 20.4. The number of hydrogen-bond donors (Lipinski definition) is 3. The van der Waals surface area contributed by atoms with Crippen molar-refractivity contribution >= 4 is 21.7 Å². The van der Waals surface area contributed by atoms with Gasteiger partial charge in [-0.1, -0.05) is 37.6 Å². The summed E-state index contributed by atoms with van der Waals surface area (Å²) in [6, 6.07) is 10.6. The molecule has 2 atom stereocenters. The highest BCUT2D eigenvalue weighted by molar-refractivity contribution is 7.86. The quantitative estimate of drug-likeness (QED) is 0.673. The van der Waals surface area contributed by atoms with Gasteiger partial charge in [0.25, 0.3) is 10.1 Å². The molecule has 4 N–H and O–H groups in total. The Morgan fingerprint density at radius 1 is 1.25 bits per heavy atom. The highest BCUT2D eigenvalue weighted by atomic mass is 32.2. The van der Waals surface area contributed by atoms with Crippen LogP contribution in [-0.2, 0) is 15.5 Å². The van der Waals surface area contributed by atoms with E-state index in [-0.39, 0.29) is 11.5 Å². The Balaban J connectivity index is 2.15. The van der Waals surface area contributed by atoms with Crippen LogP contribution in [0.25, 0.3) is 0 Å². The van der Waals surface area contributed by atoms with Gasteiger partial charge in [0.05, 0.1) is 6.04 Å². The van der Waals surface area contributed by atoms with Crippen LogP contribution < -0.4 is 11.1 Å². The molecule has 0 spiro atoms. The van der Waals surface area contributed by atoms with Crippen LogP contribution in [0.4, 0.5) is 5.69 Å². The van der Waals surface area contributed by atoms with E-state index >= 15 is 0 Å². The predicted molar refractivity (Wildman–Crippen MR) is 110 cm³/mol. The highest BCUT2D eigenvalue weighted by Crippen LogP contribution is 2.46. The molecule has 0 bridgehead atoms. The number of aryl methyl sites for hydroxylation is 1. The fourth-order valence-electron chi connectivity index (χ4n) is 3.95. The number of fused-ring (bicyclic) bond motifs is 1. The normalized spacial score (nSPS) is 19.4. The van der Waals surface area contributed by atoms with Crippen LogP contribution >= 0.6 is 0 Å². The number of anilines is 1. The number of primary amides is 1. The van der Waals surface area contributed by atoms with Gasteiger partial charge in [0, 0.05) is 11.3 Å². The second-order valence-electron chi connectivity index (χ2n) is 8.20. The molecule has 1 aliphatic rings. The van der Waals surface area contributed by atoms with E-state index < -0.39 is 21.3 Å². The van der Waals surface area contributed by atoms with Crippen molar-refractivity contribution < 1.29 is 17.8 Å². The summed E-state index contributed by atoms with van der Waals surface area (Å²) in [6.45, 7) is 7.76. The summed E-state index contributed by atoms with van der Waals surface area (Å²) < 4.78 is 33.2. The van der Waals surface area contributed by atoms with Gasteiger partial charge in [-0.15, -0.1) is 0 Å². The first-order valence-corrected chi connectivity index (χ1v) is 10.7. The third kappa shape index (κ3) is 3.77. The van der Waals surface area contributed by atoms with Crippen LogP contribution in [-0.4, -0.2) is 18.9 Å². The monoisotopic (exact) mass is 402 g/mol. The summed E-state index contributed by atoms with van der Waals surface area (Å²) >= 11 is 0. The molecule has 28 heavy (non-hydrogen) atoms. The van der Waals surface area contributed by atoms with Gasteiger partial charge in [0.15, 0.2) is 0 Å². The van der Waals surface area contributed by atoms with E-state index in [9.17, 15) is 17.8 Å². The van der Waals surface area contributed by atoms with Crippen LogP contribution in [0.1, 0.15) is 71.1 Å². The van der Waals surface area contributed by atoms with Crippen LogP contribution in [0.5, 0.6) is 0 Å². The Hall–Kier alpha value is -2.38. The van der Waals surface area contributed by atoms with Crippen molar-refractivity contribution in [1.29, 1.82) is 0 Å². The number of carbonyl (C=O) groups is 1. The summed E-state index contributed by atoms with van der Waals surface area (Å²) in [6.07, 6.45) is 0.691. The van der Waals surface area contributed by atoms with E-state index in [1.54, 1.807) is 12.1 Å². The molecule has 7 heteroatoms. The molecule has 0 radical (unpaired) electrons. The second kappa shape index (κ2) is 6.90. The predicted octanol–water partition coefficient (Wildman–Crippen LogP) is 3.88. The van der Waals surface area contributed by atoms with E-state index in [1.807, 2.05) is 19.1 Å². The number of benzene rings is 2. The zero-order chi connectivity index (χ0) is 20.9. The molecule has 0 saturated carbocycles. The Morgan fingerprint density at radius 3 is 2.54 bits per heavy atom. The van der Waals surface area contributed by atoms with E-state index in [0.717, 1.165) is 5.69 Å². The van der Waals surface area contributed by atoms with Crippen molar-refractivity contribution in [2.45, 2.75) is 50.8 Å². The number of carbonyl (C=O) groups excluding carboxylic acids is 1. The highest BCUT2D eigenvalue weighted by Gasteiger charge is 2.36. The maximum Gasteiger partial charge on any atom is 0.271 e. The van der Waals surface area contributed by atoms with Crippen molar-refractivity contribution in [2.75, 3.05) is 5.32 Å². The number of nitrogens with one attached hydrogen (secondary N) is 1. The number of amides is 1. The molecule has 6 nitrogen and oxygen atoms in total. The maximum absolute atomic E-state index is 11.8. The lowest BCUT2D eigenvalue weighted by Crippen LogP contribution is -2.32. The maximum atomic E-state index is 11.8. The van der Waals surface area contributed by atoms with Crippen molar-refractivity contribution in [3.63, 3.8) is 0 Å². The fourth-order valence-corrected chi connectivity index (χ4v) is 4.49. The topological polar surface area (TPSA) is 109 Å². The van der Waals surface area contributed by atoms with E-state index in [4.69, 9.17) is 5.73 Å². The van der Waals surface area contributed by atoms with Gasteiger partial charge in [-0.3, -0.25) is 9.35 Å². The van der Waals surface area contributed by atoms with E-state index in [0.29, 0.717) is 23.1 Å². The molecule has 2 aromatic carbocycles. The van der Waals surface area contributed by atoms with Gasteiger partial charge in [0.2, 0.25) is 5.91 Å². The van der Waals surface area contributed by atoms with Crippen molar-refractivity contribution in [2.24, 2.45) is 5.73 Å². The molecule has 0 saturated heterocycles. The molecule has 1 amide bonds. The summed E-state index contributed by atoms with van der Waals surface area (Å²) in [5, 5.41) is 2.36. The van der Waals surface area contributed by atoms with Crippen LogP contribution in [0.3, 0.4) is 0 Å². The Labute approximate surface area is 165 Å². The van der Waals surface area contributed by atoms with Gasteiger partial charge in [-0.05, 0) is 60.6 Å². The zero-order valence-electron chi connectivity index (χ0n) is 16.5. The molecule has 0 aliphatic carbocycles. The molecular weight excluding hydrogens is 376 g/mol. The third-order valence-corrected chi connectivity index (χ3v) is 6.73. The minimum atomic E-state index is -4.29. The smallest absolute Gasteiger partial charge is 0.271 e. The van der Waals surface area contributed by atoms with Gasteiger partial charge in [-0.25, -0.2) is 0 Å². The average molecular weight is 403 g/mol. The lowest BCUT2D eigenvalue weighted by Gasteiger charge is -2.40. The standard InChI is InChI=1S/C21H26N2O4S/c1-12-5-8-18-17(9-12)21(3,4)11-19(23-18)16-10-14(20(22)24)6-7-15(16)13(2)28(25,26)27/h5-10,13,19,23H,11H2,1-4H3,(H2,22,24)(H,25,26,27). The molecule has 1 heterocycles. The fraction of sp³-hybridized carbons (Fsp3) is 0.381. The lowest BCUT2D eigenvalue weighted by molar-refractivity contribution is 0.1000. The molecule has 0 aromatic heterocycles. The van der Waals surface area contributed by atoms with Crippen LogP contribution in [0.15, 0.2) is 36.4 Å². The zero-order valence-corrected chi connectivity index (χ0v) is 17.3. The van der Waals surface area contributed by atoms with E-state index in [2.05, 4.69) is 25.2 Å². The summed E-state index contributed by atoms with van der Waals surface area (Å²) in [5.74, 6) is -0.585. The molecule has 3 rings (SSSR count). The molecule has 0 fully saturated rings. The summed E-state index contributed by atoms with van der Waals surface area (Å²) in [4.78, 5) is 11.7. The SMILES string of the molecule is Cc1ccc2c(c1)C(C)(C)CC(c1cc(C(N)=O)ccc1C(C)S(=O)(=O)O)N2. The van der Waals surface area contributed by atoms with Gasteiger partial charge >= 0.3 is 0 Å². The summed E-state index contributed by atoms with van der Waals surface area (Å²) in [7, 11) is -4.29. The minimum Gasteiger partial charge on any atom is -0.378 e. The number of nitrogens with two attached hydrogens (primary N) is 1. The number of hydrogen-bond acceptors (Lipinski definition) is 4. The first-order chi connectivity index (χ1) is 12.9. The molecule has 2 unspecified atom stereocenters. The van der Waals surface area contributed by atoms with Crippen molar-refractivity contribution in [3.05, 3.63) is 64.2 Å². The first-order valence-electron chi connectivity index (χ1n) is 9.18. The lowest BCUT2D eigenvalue weighted by atomic mass is 9.73. The Morgan fingerprint density at radius 2 is 1.93 bits per heavy atom. The molecular formula is C21H26N2O4S. The average Bonchev–Trinajstić information content (AvgIpc) is 2.59. The van der Waals surface area contributed by atoms with Crippen LogP contribution in [0, 0.1) is 6.92 Å². The Bertz CT molecular complexity index is 1040. The van der Waals surface area contributed by atoms with Gasteiger partial charge < -0.3 is 11.1 Å². The van der Waals surface area contributed by atoms with Gasteiger partial charge in [-0.2, -0.15) is 8.42 Å². The molecule has 2 aromatic rings.